The van der Waals surface area contributed by atoms with Crippen LogP contribution in [0.3, 0.4) is 0 Å². The number of aliphatic carboxylic acids is 1. The standard InChI is InChI=1S/C11H9F3O2/c12-7-3-1-6-2-4-9(8(6)5-7)11(13,14)10(15)16/h1,3,5,9H,2,4H2,(H,15,16). The summed E-state index contributed by atoms with van der Waals surface area (Å²) in [6.07, 6.45) is 0.404. The minimum atomic E-state index is -3.83. The normalized spacial score (nSPS) is 19.6. The van der Waals surface area contributed by atoms with E-state index in [1.807, 2.05) is 0 Å². The van der Waals surface area contributed by atoms with E-state index >= 15 is 0 Å². The summed E-state index contributed by atoms with van der Waals surface area (Å²) in [7, 11) is 0. The van der Waals surface area contributed by atoms with Crippen LogP contribution in [0.2, 0.25) is 0 Å². The van der Waals surface area contributed by atoms with Crippen LogP contribution in [-0.4, -0.2) is 17.0 Å². The van der Waals surface area contributed by atoms with E-state index in [1.165, 1.54) is 12.1 Å². The van der Waals surface area contributed by atoms with Crippen molar-refractivity contribution >= 4 is 5.97 Å². The van der Waals surface area contributed by atoms with Crippen LogP contribution in [0.15, 0.2) is 18.2 Å². The Morgan fingerprint density at radius 3 is 2.75 bits per heavy atom. The summed E-state index contributed by atoms with van der Waals surface area (Å²) < 4.78 is 39.6. The fraction of sp³-hybridized carbons (Fsp3) is 0.364. The largest absolute Gasteiger partial charge is 0.477 e. The average molecular weight is 230 g/mol. The quantitative estimate of drug-likeness (QED) is 0.847. The van der Waals surface area contributed by atoms with Crippen molar-refractivity contribution in [2.45, 2.75) is 24.7 Å². The van der Waals surface area contributed by atoms with Gasteiger partial charge in [-0.15, -0.1) is 0 Å². The van der Waals surface area contributed by atoms with Crippen molar-refractivity contribution in [3.05, 3.63) is 35.1 Å². The van der Waals surface area contributed by atoms with Crippen LogP contribution in [0.1, 0.15) is 23.5 Å². The first-order valence-corrected chi connectivity index (χ1v) is 4.82. The van der Waals surface area contributed by atoms with Gasteiger partial charge < -0.3 is 5.11 Å². The zero-order valence-corrected chi connectivity index (χ0v) is 8.21. The number of hydrogen-bond acceptors (Lipinski definition) is 1. The molecule has 1 aromatic carbocycles. The van der Waals surface area contributed by atoms with Crippen molar-refractivity contribution in [1.29, 1.82) is 0 Å². The maximum absolute atomic E-state index is 13.3. The van der Waals surface area contributed by atoms with E-state index in [-0.39, 0.29) is 12.0 Å². The molecule has 2 nitrogen and oxygen atoms in total. The number of carboxylic acid groups (broad SMARTS) is 1. The third-order valence-electron chi connectivity index (χ3n) is 2.91. The van der Waals surface area contributed by atoms with E-state index in [4.69, 9.17) is 5.11 Å². The number of fused-ring (bicyclic) bond motifs is 1. The van der Waals surface area contributed by atoms with E-state index < -0.39 is 23.6 Å². The number of benzene rings is 1. The number of aryl methyl sites for hydroxylation is 1. The minimum absolute atomic E-state index is 0.0398. The third kappa shape index (κ3) is 1.56. The molecule has 1 aliphatic carbocycles. The first-order valence-electron chi connectivity index (χ1n) is 4.82. The molecule has 0 spiro atoms. The van der Waals surface area contributed by atoms with Crippen LogP contribution in [0, 0.1) is 5.82 Å². The first kappa shape index (κ1) is 11.0. The lowest BCUT2D eigenvalue weighted by atomic mass is 9.94. The number of rotatable bonds is 2. The lowest BCUT2D eigenvalue weighted by Gasteiger charge is -2.19. The van der Waals surface area contributed by atoms with Crippen molar-refractivity contribution in [2.75, 3.05) is 0 Å². The first-order chi connectivity index (χ1) is 7.43. The van der Waals surface area contributed by atoms with Gasteiger partial charge in [0.1, 0.15) is 5.82 Å². The highest BCUT2D eigenvalue weighted by Gasteiger charge is 2.50. The minimum Gasteiger partial charge on any atom is -0.477 e. The molecule has 0 aromatic heterocycles. The van der Waals surface area contributed by atoms with Gasteiger partial charge in [0.2, 0.25) is 0 Å². The molecular weight excluding hydrogens is 221 g/mol. The van der Waals surface area contributed by atoms with Crippen LogP contribution in [0.4, 0.5) is 13.2 Å². The Labute approximate surface area is 89.7 Å². The Bertz CT molecular complexity index is 443. The molecule has 16 heavy (non-hydrogen) atoms. The molecule has 1 atom stereocenters. The molecule has 0 fully saturated rings. The van der Waals surface area contributed by atoms with Gasteiger partial charge in [-0.2, -0.15) is 8.78 Å². The topological polar surface area (TPSA) is 37.3 Å². The van der Waals surface area contributed by atoms with Crippen molar-refractivity contribution in [1.82, 2.24) is 0 Å². The van der Waals surface area contributed by atoms with Gasteiger partial charge in [-0.3, -0.25) is 0 Å². The summed E-state index contributed by atoms with van der Waals surface area (Å²) in [5.74, 6) is -8.03. The molecule has 1 unspecified atom stereocenters. The average Bonchev–Trinajstić information content (AvgIpc) is 2.60. The molecule has 0 heterocycles. The van der Waals surface area contributed by atoms with Crippen LogP contribution >= 0.6 is 0 Å². The summed E-state index contributed by atoms with van der Waals surface area (Å²) in [6, 6.07) is 3.63. The smallest absolute Gasteiger partial charge is 0.375 e. The van der Waals surface area contributed by atoms with Crippen molar-refractivity contribution in [2.24, 2.45) is 0 Å². The Morgan fingerprint density at radius 2 is 2.12 bits per heavy atom. The highest BCUT2D eigenvalue weighted by molar-refractivity contribution is 5.77. The lowest BCUT2D eigenvalue weighted by molar-refractivity contribution is -0.168. The van der Waals surface area contributed by atoms with Gasteiger partial charge in [0.05, 0.1) is 5.92 Å². The molecule has 2 rings (SSSR count). The zero-order valence-electron chi connectivity index (χ0n) is 8.21. The molecule has 0 bridgehead atoms. The molecule has 0 saturated heterocycles. The number of alkyl halides is 2. The van der Waals surface area contributed by atoms with E-state index in [9.17, 15) is 18.0 Å². The molecule has 0 saturated carbocycles. The van der Waals surface area contributed by atoms with Crippen molar-refractivity contribution in [3.63, 3.8) is 0 Å². The summed E-state index contributed by atoms with van der Waals surface area (Å²) in [5, 5.41) is 8.45. The summed E-state index contributed by atoms with van der Waals surface area (Å²) in [5.41, 5.74) is 0.722. The van der Waals surface area contributed by atoms with Crippen LogP contribution < -0.4 is 0 Å². The predicted octanol–water partition coefficient (Wildman–Crippen LogP) is 2.58. The second-order valence-corrected chi connectivity index (χ2v) is 3.86. The molecule has 0 radical (unpaired) electrons. The van der Waals surface area contributed by atoms with Gasteiger partial charge in [-0.25, -0.2) is 9.18 Å². The monoisotopic (exact) mass is 230 g/mol. The molecular formula is C11H9F3O2. The van der Waals surface area contributed by atoms with E-state index in [0.717, 1.165) is 6.07 Å². The zero-order chi connectivity index (χ0) is 11.9. The van der Waals surface area contributed by atoms with E-state index in [0.29, 0.717) is 12.0 Å². The Hall–Kier alpha value is -1.52. The highest BCUT2D eigenvalue weighted by Crippen LogP contribution is 2.43. The number of hydrogen-bond donors (Lipinski definition) is 1. The third-order valence-corrected chi connectivity index (χ3v) is 2.91. The number of carbonyl (C=O) groups is 1. The maximum Gasteiger partial charge on any atom is 0.375 e. The van der Waals surface area contributed by atoms with Crippen LogP contribution in [0.5, 0.6) is 0 Å². The number of carboxylic acids is 1. The van der Waals surface area contributed by atoms with Crippen molar-refractivity contribution < 1.29 is 23.1 Å². The fourth-order valence-corrected chi connectivity index (χ4v) is 2.10. The Morgan fingerprint density at radius 1 is 1.44 bits per heavy atom. The molecule has 5 heteroatoms. The SMILES string of the molecule is O=C(O)C(F)(F)C1CCc2ccc(F)cc21. The van der Waals surface area contributed by atoms with Gasteiger partial charge >= 0.3 is 11.9 Å². The second kappa shape index (κ2) is 3.50. The Kier molecular flexibility index (Phi) is 2.40. The van der Waals surface area contributed by atoms with Gasteiger partial charge in [0, 0.05) is 0 Å². The summed E-state index contributed by atoms with van der Waals surface area (Å²) >= 11 is 0. The van der Waals surface area contributed by atoms with Gasteiger partial charge in [0.25, 0.3) is 0 Å². The lowest BCUT2D eigenvalue weighted by Crippen LogP contribution is -2.34. The number of halogens is 3. The maximum atomic E-state index is 13.3. The van der Waals surface area contributed by atoms with E-state index in [2.05, 4.69) is 0 Å². The predicted molar refractivity (Wildman–Crippen MR) is 50.0 cm³/mol. The van der Waals surface area contributed by atoms with Gasteiger partial charge in [-0.1, -0.05) is 6.07 Å². The molecule has 0 amide bonds. The molecule has 1 N–H and O–H groups in total. The molecule has 0 aliphatic heterocycles. The van der Waals surface area contributed by atoms with Crippen LogP contribution in [0.25, 0.3) is 0 Å². The molecule has 1 aromatic rings. The van der Waals surface area contributed by atoms with Gasteiger partial charge in [0.15, 0.2) is 0 Å². The summed E-state index contributed by atoms with van der Waals surface area (Å²) in [6.45, 7) is 0. The van der Waals surface area contributed by atoms with Gasteiger partial charge in [-0.05, 0) is 36.1 Å². The highest BCUT2D eigenvalue weighted by atomic mass is 19.3. The molecule has 1 aliphatic rings. The Balaban J connectivity index is 2.43. The van der Waals surface area contributed by atoms with E-state index in [1.54, 1.807) is 0 Å². The van der Waals surface area contributed by atoms with Crippen LogP contribution in [-0.2, 0) is 11.2 Å². The fourth-order valence-electron chi connectivity index (χ4n) is 2.10. The summed E-state index contributed by atoms with van der Waals surface area (Å²) in [4.78, 5) is 10.5. The second-order valence-electron chi connectivity index (χ2n) is 3.86. The molecule has 86 valence electrons. The van der Waals surface area contributed by atoms with Crippen molar-refractivity contribution in [3.8, 4) is 0 Å².